The molecule has 5 rings (SSSR count). The van der Waals surface area contributed by atoms with E-state index in [0.29, 0.717) is 41.7 Å². The number of alkyl halides is 1. The van der Waals surface area contributed by atoms with Crippen LogP contribution in [0.5, 0.6) is 0 Å². The summed E-state index contributed by atoms with van der Waals surface area (Å²) in [5.74, 6) is 0.0472. The van der Waals surface area contributed by atoms with Crippen LogP contribution in [0.1, 0.15) is 49.8 Å². The molecule has 0 spiro atoms. The van der Waals surface area contributed by atoms with Crippen LogP contribution in [0.4, 0.5) is 4.39 Å². The van der Waals surface area contributed by atoms with Gasteiger partial charge in [-0.2, -0.15) is 0 Å². The molecule has 206 valence electrons. The first kappa shape index (κ1) is 27.3. The Bertz CT molecular complexity index is 1140. The van der Waals surface area contributed by atoms with Gasteiger partial charge in [0, 0.05) is 25.3 Å². The number of halogens is 3. The number of hydrogen-bond acceptors (Lipinski definition) is 5. The van der Waals surface area contributed by atoms with E-state index in [1.165, 1.54) is 12.8 Å². The van der Waals surface area contributed by atoms with Crippen molar-refractivity contribution < 1.29 is 14.0 Å². The van der Waals surface area contributed by atoms with Gasteiger partial charge in [-0.15, -0.1) is 5.10 Å². The molecule has 3 aliphatic rings. The SMILES string of the molecule is O=C(Cc1ccc(Cl)c(Cl)c1)N1CCN(C(=O)Cn2cc(CCCF)nn2)[C@H]2CCC[C@H](N3CCCC3)[C@H]21. The Balaban J connectivity index is 1.34. The van der Waals surface area contributed by atoms with Crippen LogP contribution < -0.4 is 0 Å². The molecule has 38 heavy (non-hydrogen) atoms. The van der Waals surface area contributed by atoms with Gasteiger partial charge in [-0.3, -0.25) is 18.9 Å². The summed E-state index contributed by atoms with van der Waals surface area (Å²) in [7, 11) is 0. The van der Waals surface area contributed by atoms with E-state index >= 15 is 0 Å². The van der Waals surface area contributed by atoms with Gasteiger partial charge in [0.2, 0.25) is 11.8 Å². The second-order valence-corrected chi connectivity index (χ2v) is 11.4. The lowest BCUT2D eigenvalue weighted by Crippen LogP contribution is -2.69. The van der Waals surface area contributed by atoms with E-state index in [2.05, 4.69) is 15.2 Å². The van der Waals surface area contributed by atoms with Gasteiger partial charge in [0.15, 0.2) is 0 Å². The molecule has 2 aromatic rings. The van der Waals surface area contributed by atoms with Gasteiger partial charge in [0.25, 0.3) is 0 Å². The molecule has 3 atom stereocenters. The van der Waals surface area contributed by atoms with Crippen molar-refractivity contribution in [2.24, 2.45) is 0 Å². The molecular formula is C27H35Cl2FN6O2. The van der Waals surface area contributed by atoms with Crippen molar-refractivity contribution in [1.82, 2.24) is 29.7 Å². The van der Waals surface area contributed by atoms with Gasteiger partial charge in [0.05, 0.1) is 40.9 Å². The zero-order valence-corrected chi connectivity index (χ0v) is 23.1. The number of likely N-dealkylation sites (tertiary alicyclic amines) is 1. The zero-order chi connectivity index (χ0) is 26.6. The molecule has 3 fully saturated rings. The maximum Gasteiger partial charge on any atom is 0.244 e. The van der Waals surface area contributed by atoms with Crippen LogP contribution in [-0.4, -0.2) is 92.5 Å². The Hall–Kier alpha value is -2.23. The number of aromatic nitrogens is 3. The molecule has 11 heteroatoms. The monoisotopic (exact) mass is 564 g/mol. The molecule has 2 aliphatic heterocycles. The number of benzene rings is 1. The van der Waals surface area contributed by atoms with Gasteiger partial charge in [-0.1, -0.05) is 34.5 Å². The summed E-state index contributed by atoms with van der Waals surface area (Å²) < 4.78 is 14.1. The molecule has 1 aromatic heterocycles. The Morgan fingerprint density at radius 3 is 2.47 bits per heavy atom. The number of piperazine rings is 1. The zero-order valence-electron chi connectivity index (χ0n) is 21.6. The van der Waals surface area contributed by atoms with Crippen LogP contribution in [0, 0.1) is 0 Å². The molecular weight excluding hydrogens is 530 g/mol. The maximum absolute atomic E-state index is 13.7. The van der Waals surface area contributed by atoms with Crippen molar-refractivity contribution in [2.75, 3.05) is 32.9 Å². The highest BCUT2D eigenvalue weighted by Gasteiger charge is 2.48. The van der Waals surface area contributed by atoms with Crippen LogP contribution >= 0.6 is 23.2 Å². The van der Waals surface area contributed by atoms with Gasteiger partial charge in [-0.25, -0.2) is 4.68 Å². The largest absolute Gasteiger partial charge is 0.334 e. The lowest BCUT2D eigenvalue weighted by Gasteiger charge is -2.54. The van der Waals surface area contributed by atoms with Gasteiger partial charge in [-0.05, 0) is 75.7 Å². The summed E-state index contributed by atoms with van der Waals surface area (Å²) in [5.41, 5.74) is 1.53. The number of amides is 2. The highest BCUT2D eigenvalue weighted by Crippen LogP contribution is 2.35. The first-order chi connectivity index (χ1) is 18.4. The Morgan fingerprint density at radius 2 is 1.71 bits per heavy atom. The topological polar surface area (TPSA) is 74.6 Å². The minimum Gasteiger partial charge on any atom is -0.334 e. The van der Waals surface area contributed by atoms with Crippen LogP contribution in [0.3, 0.4) is 0 Å². The van der Waals surface area contributed by atoms with Crippen molar-refractivity contribution in [1.29, 1.82) is 0 Å². The van der Waals surface area contributed by atoms with Crippen molar-refractivity contribution in [3.05, 3.63) is 45.7 Å². The lowest BCUT2D eigenvalue weighted by molar-refractivity contribution is -0.153. The third-order valence-corrected chi connectivity index (χ3v) is 8.91. The van der Waals surface area contributed by atoms with E-state index in [1.54, 1.807) is 23.0 Å². The predicted molar refractivity (Wildman–Crippen MR) is 144 cm³/mol. The summed E-state index contributed by atoms with van der Waals surface area (Å²) in [6, 6.07) is 5.49. The number of carbonyl (C=O) groups is 2. The third-order valence-electron chi connectivity index (χ3n) is 8.17. The fourth-order valence-corrected chi connectivity index (χ4v) is 6.75. The number of nitrogens with zero attached hydrogens (tertiary/aromatic N) is 6. The van der Waals surface area contributed by atoms with Crippen LogP contribution in [0.15, 0.2) is 24.4 Å². The van der Waals surface area contributed by atoms with E-state index in [9.17, 15) is 14.0 Å². The van der Waals surface area contributed by atoms with E-state index in [-0.39, 0.29) is 42.9 Å². The van der Waals surface area contributed by atoms with E-state index in [1.807, 2.05) is 15.9 Å². The minimum absolute atomic E-state index is 0.0133. The van der Waals surface area contributed by atoms with Gasteiger partial charge >= 0.3 is 0 Å². The summed E-state index contributed by atoms with van der Waals surface area (Å²) in [5, 5.41) is 9.09. The Morgan fingerprint density at radius 1 is 0.947 bits per heavy atom. The molecule has 3 heterocycles. The fourth-order valence-electron chi connectivity index (χ4n) is 6.43. The normalized spacial score (nSPS) is 24.0. The van der Waals surface area contributed by atoms with Crippen molar-refractivity contribution in [3.8, 4) is 0 Å². The number of fused-ring (bicyclic) bond motifs is 1. The van der Waals surface area contributed by atoms with Crippen molar-refractivity contribution >= 4 is 35.0 Å². The van der Waals surface area contributed by atoms with Crippen LogP contribution in [-0.2, 0) is 29.0 Å². The van der Waals surface area contributed by atoms with Gasteiger partial charge < -0.3 is 9.80 Å². The second-order valence-electron chi connectivity index (χ2n) is 10.6. The first-order valence-electron chi connectivity index (χ1n) is 13.7. The molecule has 0 unspecified atom stereocenters. The number of aryl methyl sites for hydroxylation is 1. The standard InChI is InChI=1S/C27H35Cl2FN6O2/c28-21-9-8-19(15-22(21)29)16-25(37)36-14-13-35(26(38)18-34-17-20(31-32-34)5-4-10-30)24-7-3-6-23(27(24)36)33-11-1-2-12-33/h8-9,15,17,23-24,27H,1-7,10-14,16,18H2/t23-,24-,27+/m0/s1. The van der Waals surface area contributed by atoms with E-state index in [4.69, 9.17) is 23.2 Å². The van der Waals surface area contributed by atoms with Crippen LogP contribution in [0.25, 0.3) is 0 Å². The Kier molecular flexibility index (Phi) is 8.85. The summed E-state index contributed by atoms with van der Waals surface area (Å²) in [4.78, 5) is 33.8. The molecule has 0 bridgehead atoms. The number of rotatable bonds is 8. The lowest BCUT2D eigenvalue weighted by atomic mass is 9.81. The molecule has 2 saturated heterocycles. The Labute approximate surface area is 233 Å². The van der Waals surface area contributed by atoms with E-state index < -0.39 is 6.67 Å². The second kappa shape index (κ2) is 12.3. The molecule has 0 N–H and O–H groups in total. The molecule has 2 amide bonds. The molecule has 1 aromatic carbocycles. The van der Waals surface area contributed by atoms with Crippen molar-refractivity contribution in [3.63, 3.8) is 0 Å². The molecule has 1 aliphatic carbocycles. The summed E-state index contributed by atoms with van der Waals surface area (Å²) in [6.45, 7) is 2.76. The van der Waals surface area contributed by atoms with Crippen LogP contribution in [0.2, 0.25) is 10.0 Å². The average Bonchev–Trinajstić information content (AvgIpc) is 3.61. The van der Waals surface area contributed by atoms with Gasteiger partial charge in [0.1, 0.15) is 6.54 Å². The molecule has 8 nitrogen and oxygen atoms in total. The maximum atomic E-state index is 13.7. The van der Waals surface area contributed by atoms with E-state index in [0.717, 1.165) is 37.9 Å². The summed E-state index contributed by atoms with van der Waals surface area (Å²) >= 11 is 12.3. The third kappa shape index (κ3) is 6.00. The highest BCUT2D eigenvalue weighted by molar-refractivity contribution is 6.42. The number of carbonyl (C=O) groups excluding carboxylic acids is 2. The smallest absolute Gasteiger partial charge is 0.244 e. The first-order valence-corrected chi connectivity index (χ1v) is 14.4. The molecule has 0 radical (unpaired) electrons. The highest BCUT2D eigenvalue weighted by atomic mass is 35.5. The summed E-state index contributed by atoms with van der Waals surface area (Å²) in [6.07, 6.45) is 8.15. The average molecular weight is 566 g/mol. The number of hydrogen-bond donors (Lipinski definition) is 0. The molecule has 1 saturated carbocycles. The fraction of sp³-hybridized carbons (Fsp3) is 0.630. The predicted octanol–water partition coefficient (Wildman–Crippen LogP) is 3.79. The van der Waals surface area contributed by atoms with Crippen molar-refractivity contribution in [2.45, 2.75) is 76.0 Å². The minimum atomic E-state index is -0.402. The quantitative estimate of drug-likeness (QED) is 0.487.